The molecule has 48 heavy (non-hydrogen) atoms. The van der Waals surface area contributed by atoms with Crippen LogP contribution in [0, 0.1) is 0 Å². The monoisotopic (exact) mass is 700 g/mol. The highest BCUT2D eigenvalue weighted by Gasteiger charge is 1.99. The van der Waals surface area contributed by atoms with Crippen molar-refractivity contribution in [2.75, 3.05) is 172 Å². The zero-order valence-electron chi connectivity index (χ0n) is 29.6. The number of hydrogen-bond donors (Lipinski definition) is 0. The summed E-state index contributed by atoms with van der Waals surface area (Å²) in [5.74, 6) is 0.335. The summed E-state index contributed by atoms with van der Waals surface area (Å²) in [6, 6.07) is 0. The van der Waals surface area contributed by atoms with Crippen molar-refractivity contribution in [2.24, 2.45) is 0 Å². The van der Waals surface area contributed by atoms with E-state index in [4.69, 9.17) is 61.6 Å². The summed E-state index contributed by atoms with van der Waals surface area (Å²) in [6.45, 7) is 16.1. The Morgan fingerprint density at radius 1 is 0.292 bits per heavy atom. The van der Waals surface area contributed by atoms with Crippen molar-refractivity contribution in [3.63, 3.8) is 0 Å². The van der Waals surface area contributed by atoms with Crippen LogP contribution >= 0.6 is 0 Å². The molecule has 0 fully saturated rings. The van der Waals surface area contributed by atoms with Crippen LogP contribution < -0.4 is 0 Å². The van der Waals surface area contributed by atoms with Gasteiger partial charge in [-0.3, -0.25) is 9.59 Å². The van der Waals surface area contributed by atoms with Gasteiger partial charge in [0.1, 0.15) is 11.6 Å². The normalized spacial score (nSPS) is 11.5. The van der Waals surface area contributed by atoms with E-state index < -0.39 is 0 Å². The Hall–Kier alpha value is -1.18. The number of carbonyl (C=O) groups is 2. The minimum Gasteiger partial charge on any atom is -0.379 e. The Morgan fingerprint density at radius 2 is 0.458 bits per heavy atom. The molecule has 15 nitrogen and oxygen atoms in total. The van der Waals surface area contributed by atoms with Gasteiger partial charge in [0.15, 0.2) is 0 Å². The fourth-order valence-corrected chi connectivity index (χ4v) is 3.32. The number of Topliss-reactive ketones (excluding diaryl/α,β-unsaturated/α-hetero) is 2. The number of carbonyl (C=O) groups excluding carboxylic acids is 2. The largest absolute Gasteiger partial charge is 0.379 e. The zero-order valence-corrected chi connectivity index (χ0v) is 29.6. The molecule has 0 amide bonds. The molecule has 0 aromatic heterocycles. The quantitative estimate of drug-likeness (QED) is 0.0845. The summed E-state index contributed by atoms with van der Waals surface area (Å²) in [5.41, 5.74) is 0. The highest BCUT2D eigenvalue weighted by Crippen LogP contribution is 1.91. The van der Waals surface area contributed by atoms with E-state index in [-0.39, 0.29) is 11.6 Å². The molecule has 0 unspecified atom stereocenters. The van der Waals surface area contributed by atoms with Crippen LogP contribution in [0.5, 0.6) is 0 Å². The number of rotatable bonds is 43. The lowest BCUT2D eigenvalue weighted by Gasteiger charge is -2.09. The fourth-order valence-electron chi connectivity index (χ4n) is 3.32. The standard InChI is InChI=1S/C33H64O15/c1-3-33(35)5-7-37-9-11-39-13-15-41-17-19-43-21-23-45-25-27-47-29-31-48-30-28-46-26-24-44-22-20-42-18-16-40-14-12-38-10-8-36-6-4-32(2)34/h3-31H2,1-2H3. The Kier molecular flexibility index (Phi) is 41.0. The van der Waals surface area contributed by atoms with Crippen LogP contribution in [0.4, 0.5) is 0 Å². The first-order valence-electron chi connectivity index (χ1n) is 17.2. The summed E-state index contributed by atoms with van der Waals surface area (Å²) in [5, 5.41) is 0. The lowest BCUT2D eigenvalue weighted by atomic mass is 10.2. The SMILES string of the molecule is CCC(=O)CCOCCOCCOCCOCCOCCOCCOCCOCCOCCOCCOCCOCCOCCC(C)=O. The van der Waals surface area contributed by atoms with Crippen LogP contribution in [-0.4, -0.2) is 183 Å². The summed E-state index contributed by atoms with van der Waals surface area (Å²) >= 11 is 0. The third kappa shape index (κ3) is 42.8. The number of hydrogen-bond acceptors (Lipinski definition) is 15. The molecule has 0 bridgehead atoms. The van der Waals surface area contributed by atoms with Crippen molar-refractivity contribution in [3.8, 4) is 0 Å². The van der Waals surface area contributed by atoms with Gasteiger partial charge in [-0.05, 0) is 6.92 Å². The maximum absolute atomic E-state index is 11.1. The average Bonchev–Trinajstić information content (AvgIpc) is 3.08. The lowest BCUT2D eigenvalue weighted by Crippen LogP contribution is -2.15. The van der Waals surface area contributed by atoms with E-state index in [0.717, 1.165) is 0 Å². The molecule has 0 radical (unpaired) electrons. The van der Waals surface area contributed by atoms with Crippen LogP contribution in [0.3, 0.4) is 0 Å². The van der Waals surface area contributed by atoms with Gasteiger partial charge < -0.3 is 61.6 Å². The Bertz CT molecular complexity index is 657. The molecule has 15 heteroatoms. The molecule has 0 aliphatic rings. The highest BCUT2D eigenvalue weighted by atomic mass is 16.6. The van der Waals surface area contributed by atoms with E-state index in [1.807, 2.05) is 6.92 Å². The molecule has 0 aliphatic carbocycles. The number of ether oxygens (including phenoxy) is 13. The molecular weight excluding hydrogens is 636 g/mol. The second kappa shape index (κ2) is 42.0. The topological polar surface area (TPSA) is 154 Å². The Labute approximate surface area is 287 Å². The Morgan fingerprint density at radius 3 is 0.625 bits per heavy atom. The summed E-state index contributed by atoms with van der Waals surface area (Å²) < 4.78 is 70.5. The van der Waals surface area contributed by atoms with Gasteiger partial charge in [0.2, 0.25) is 0 Å². The molecule has 0 spiro atoms. The molecular formula is C33H64O15. The van der Waals surface area contributed by atoms with Crippen molar-refractivity contribution >= 4 is 11.6 Å². The molecule has 0 aliphatic heterocycles. The average molecular weight is 701 g/mol. The van der Waals surface area contributed by atoms with E-state index in [0.29, 0.717) is 191 Å². The van der Waals surface area contributed by atoms with Crippen LogP contribution in [-0.2, 0) is 71.2 Å². The van der Waals surface area contributed by atoms with E-state index in [1.54, 1.807) is 6.92 Å². The van der Waals surface area contributed by atoms with Crippen molar-refractivity contribution in [3.05, 3.63) is 0 Å². The molecule has 0 atom stereocenters. The number of ketones is 2. The van der Waals surface area contributed by atoms with Gasteiger partial charge in [-0.15, -0.1) is 0 Å². The Balaban J connectivity index is 3.06. The van der Waals surface area contributed by atoms with E-state index >= 15 is 0 Å². The van der Waals surface area contributed by atoms with Gasteiger partial charge in [0.25, 0.3) is 0 Å². The predicted octanol–water partition coefficient (Wildman–Crippen LogP) is 1.55. The third-order valence-corrected chi connectivity index (χ3v) is 5.98. The summed E-state index contributed by atoms with van der Waals surface area (Å²) in [6.07, 6.45) is 1.46. The zero-order chi connectivity index (χ0) is 34.9. The third-order valence-electron chi connectivity index (χ3n) is 5.98. The van der Waals surface area contributed by atoms with Gasteiger partial charge >= 0.3 is 0 Å². The van der Waals surface area contributed by atoms with Gasteiger partial charge in [0, 0.05) is 19.3 Å². The molecule has 0 rings (SSSR count). The highest BCUT2D eigenvalue weighted by molar-refractivity contribution is 5.78. The molecule has 0 heterocycles. The summed E-state index contributed by atoms with van der Waals surface area (Å²) in [4.78, 5) is 21.9. The van der Waals surface area contributed by atoms with Gasteiger partial charge in [-0.1, -0.05) is 6.92 Å². The van der Waals surface area contributed by atoms with Gasteiger partial charge in [-0.2, -0.15) is 0 Å². The van der Waals surface area contributed by atoms with Crippen molar-refractivity contribution in [1.29, 1.82) is 0 Å². The lowest BCUT2D eigenvalue weighted by molar-refractivity contribution is -0.120. The van der Waals surface area contributed by atoms with Crippen LogP contribution in [0.2, 0.25) is 0 Å². The predicted molar refractivity (Wildman–Crippen MR) is 176 cm³/mol. The first-order valence-corrected chi connectivity index (χ1v) is 17.2. The minimum atomic E-state index is 0.123. The van der Waals surface area contributed by atoms with Crippen molar-refractivity contribution < 1.29 is 71.2 Å². The first-order chi connectivity index (χ1) is 23.7. The van der Waals surface area contributed by atoms with Crippen LogP contribution in [0.15, 0.2) is 0 Å². The van der Waals surface area contributed by atoms with Gasteiger partial charge in [-0.25, -0.2) is 0 Å². The fraction of sp³-hybridized carbons (Fsp3) is 0.939. The smallest absolute Gasteiger partial charge is 0.134 e. The maximum Gasteiger partial charge on any atom is 0.134 e. The molecule has 0 saturated carbocycles. The molecule has 286 valence electrons. The molecule has 0 N–H and O–H groups in total. The summed E-state index contributed by atoms with van der Waals surface area (Å²) in [7, 11) is 0. The van der Waals surface area contributed by atoms with Crippen LogP contribution in [0.25, 0.3) is 0 Å². The molecule has 0 aromatic rings. The van der Waals surface area contributed by atoms with Crippen LogP contribution in [0.1, 0.15) is 33.1 Å². The van der Waals surface area contributed by atoms with Crippen molar-refractivity contribution in [1.82, 2.24) is 0 Å². The second-order valence-electron chi connectivity index (χ2n) is 10.1. The van der Waals surface area contributed by atoms with Crippen molar-refractivity contribution in [2.45, 2.75) is 33.1 Å². The molecule has 0 saturated heterocycles. The molecule has 0 aromatic carbocycles. The maximum atomic E-state index is 11.1. The first kappa shape index (κ1) is 46.8. The van der Waals surface area contributed by atoms with E-state index in [9.17, 15) is 9.59 Å². The van der Waals surface area contributed by atoms with Gasteiger partial charge in [0.05, 0.1) is 172 Å². The van der Waals surface area contributed by atoms with E-state index in [2.05, 4.69) is 0 Å². The van der Waals surface area contributed by atoms with E-state index in [1.165, 1.54) is 0 Å². The second-order valence-corrected chi connectivity index (χ2v) is 10.1. The minimum absolute atomic E-state index is 0.123.